The smallest absolute Gasteiger partial charge is 0.270 e. The second-order valence-corrected chi connectivity index (χ2v) is 7.48. The van der Waals surface area contributed by atoms with E-state index in [0.29, 0.717) is 11.4 Å². The number of rotatable bonds is 2. The highest BCUT2D eigenvalue weighted by Crippen LogP contribution is 2.17. The van der Waals surface area contributed by atoms with Gasteiger partial charge in [0, 0.05) is 18.2 Å². The molecule has 1 amide bonds. The van der Waals surface area contributed by atoms with Gasteiger partial charge in [-0.2, -0.15) is 5.10 Å². The van der Waals surface area contributed by atoms with Crippen molar-refractivity contribution in [2.75, 3.05) is 24.7 Å². The van der Waals surface area contributed by atoms with Crippen molar-refractivity contribution < 1.29 is 18.0 Å². The van der Waals surface area contributed by atoms with Crippen LogP contribution in [0.5, 0.6) is 0 Å². The molecular formula is C14H16N4O4S. The minimum absolute atomic E-state index is 0.00883. The summed E-state index contributed by atoms with van der Waals surface area (Å²) in [6.07, 6.45) is 1.46. The molecule has 0 unspecified atom stereocenters. The van der Waals surface area contributed by atoms with E-state index in [1.54, 1.807) is 36.0 Å². The number of carbonyl (C=O) groups is 1. The lowest BCUT2D eigenvalue weighted by molar-refractivity contribution is -0.111. The Kier molecular flexibility index (Phi) is 4.14. The normalized spacial score (nSPS) is 17.7. The molecule has 1 aliphatic heterocycles. The fourth-order valence-corrected chi connectivity index (χ4v) is 3.26. The Labute approximate surface area is 133 Å². The topological polar surface area (TPSA) is 94.4 Å². The van der Waals surface area contributed by atoms with Crippen LogP contribution in [0.25, 0.3) is 11.4 Å². The highest BCUT2D eigenvalue weighted by Gasteiger charge is 2.24. The number of aromatic nitrogens is 3. The molecular weight excluding hydrogens is 320 g/mol. The fraction of sp³-hybridized carbons (Fsp3) is 0.357. The summed E-state index contributed by atoms with van der Waals surface area (Å²) in [7, 11) is -1.36. The molecule has 1 aromatic heterocycles. The Morgan fingerprint density at radius 3 is 2.61 bits per heavy atom. The van der Waals surface area contributed by atoms with Gasteiger partial charge < -0.3 is 0 Å². The van der Waals surface area contributed by atoms with Crippen molar-refractivity contribution in [3.63, 3.8) is 0 Å². The summed E-state index contributed by atoms with van der Waals surface area (Å²) in [5, 5.41) is 5.11. The Balaban J connectivity index is 1.77. The molecule has 122 valence electrons. The Morgan fingerprint density at radius 1 is 1.22 bits per heavy atom. The number of hydrogen-bond acceptors (Lipinski definition) is 6. The largest absolute Gasteiger partial charge is 0.277 e. The van der Waals surface area contributed by atoms with Crippen LogP contribution >= 0.6 is 0 Å². The number of sulfone groups is 1. The molecule has 1 aliphatic rings. The molecule has 8 nitrogen and oxygen atoms in total. The molecule has 2 aromatic rings. The summed E-state index contributed by atoms with van der Waals surface area (Å²) >= 11 is 0. The third kappa shape index (κ3) is 3.40. The molecule has 23 heavy (non-hydrogen) atoms. The maximum atomic E-state index is 12.4. The van der Waals surface area contributed by atoms with Gasteiger partial charge >= 0.3 is 0 Å². The summed E-state index contributed by atoms with van der Waals surface area (Å²) in [4.78, 5) is 21.8. The first-order valence-corrected chi connectivity index (χ1v) is 8.88. The number of amides is 1. The van der Waals surface area contributed by atoms with E-state index in [-0.39, 0.29) is 30.6 Å². The van der Waals surface area contributed by atoms with E-state index in [2.05, 4.69) is 10.1 Å². The zero-order chi connectivity index (χ0) is 16.4. The predicted octanol–water partition coefficient (Wildman–Crippen LogP) is 0.284. The first-order chi connectivity index (χ1) is 11.0. The zero-order valence-electron chi connectivity index (χ0n) is 12.5. The highest BCUT2D eigenvalue weighted by atomic mass is 32.2. The fourth-order valence-electron chi connectivity index (χ4n) is 2.29. The number of hydrogen-bond donors (Lipinski definition) is 0. The molecule has 0 aliphatic carbocycles. The van der Waals surface area contributed by atoms with Crippen LogP contribution < -0.4 is 0 Å². The number of aryl methyl sites for hydroxylation is 1. The zero-order valence-corrected chi connectivity index (χ0v) is 13.4. The number of carbonyl (C=O) groups excluding carboxylic acids is 1. The van der Waals surface area contributed by atoms with Crippen LogP contribution in [0, 0.1) is 0 Å². The van der Waals surface area contributed by atoms with Crippen LogP contribution in [-0.4, -0.2) is 58.8 Å². The van der Waals surface area contributed by atoms with Gasteiger partial charge in [-0.15, -0.1) is 0 Å². The lowest BCUT2D eigenvalue weighted by Gasteiger charge is -2.18. The maximum Gasteiger partial charge on any atom is 0.277 e. The van der Waals surface area contributed by atoms with Crippen molar-refractivity contribution in [2.24, 2.45) is 7.05 Å². The van der Waals surface area contributed by atoms with E-state index in [1.165, 1.54) is 6.33 Å². The van der Waals surface area contributed by atoms with E-state index in [0.717, 1.165) is 10.6 Å². The van der Waals surface area contributed by atoms with E-state index < -0.39 is 9.84 Å². The highest BCUT2D eigenvalue weighted by molar-refractivity contribution is 7.91. The molecule has 2 heterocycles. The average Bonchev–Trinajstić information content (AvgIpc) is 2.87. The SMILES string of the molecule is Cn1ncnc1-c1ccc(C(=O)N2CCS(=O)(=O)CCO2)cc1. The number of benzene rings is 1. The Hall–Kier alpha value is -2.26. The first-order valence-electron chi connectivity index (χ1n) is 7.06. The summed E-state index contributed by atoms with van der Waals surface area (Å²) in [5.41, 5.74) is 1.26. The van der Waals surface area contributed by atoms with Crippen LogP contribution in [0.15, 0.2) is 30.6 Å². The first kappa shape index (κ1) is 15.6. The maximum absolute atomic E-state index is 12.4. The van der Waals surface area contributed by atoms with Crippen molar-refractivity contribution >= 4 is 15.7 Å². The van der Waals surface area contributed by atoms with Crippen LogP contribution in [0.1, 0.15) is 10.4 Å². The molecule has 3 rings (SSSR count). The molecule has 1 fully saturated rings. The van der Waals surface area contributed by atoms with E-state index in [9.17, 15) is 13.2 Å². The minimum Gasteiger partial charge on any atom is -0.270 e. The molecule has 0 bridgehead atoms. The lowest BCUT2D eigenvalue weighted by atomic mass is 10.1. The van der Waals surface area contributed by atoms with Crippen molar-refractivity contribution in [1.82, 2.24) is 19.8 Å². The monoisotopic (exact) mass is 336 g/mol. The van der Waals surface area contributed by atoms with Crippen molar-refractivity contribution in [1.29, 1.82) is 0 Å². The van der Waals surface area contributed by atoms with Gasteiger partial charge in [0.05, 0.1) is 24.7 Å². The van der Waals surface area contributed by atoms with Crippen LogP contribution in [0.3, 0.4) is 0 Å². The summed E-state index contributed by atoms with van der Waals surface area (Å²) < 4.78 is 24.7. The molecule has 9 heteroatoms. The predicted molar refractivity (Wildman–Crippen MR) is 82.1 cm³/mol. The average molecular weight is 336 g/mol. The standard InChI is InChI=1S/C14H16N4O4S/c1-17-13(15-10-16-17)11-2-4-12(5-3-11)14(19)18-6-8-23(20,21)9-7-22-18/h2-5,10H,6-9H2,1H3. The molecule has 0 radical (unpaired) electrons. The van der Waals surface area contributed by atoms with Gasteiger partial charge in [0.25, 0.3) is 5.91 Å². The second kappa shape index (κ2) is 6.09. The Morgan fingerprint density at radius 2 is 1.96 bits per heavy atom. The van der Waals surface area contributed by atoms with Crippen molar-refractivity contribution in [2.45, 2.75) is 0 Å². The van der Waals surface area contributed by atoms with Crippen LogP contribution in [0.2, 0.25) is 0 Å². The van der Waals surface area contributed by atoms with E-state index in [1.807, 2.05) is 0 Å². The van der Waals surface area contributed by atoms with Gasteiger partial charge in [0.1, 0.15) is 6.33 Å². The third-order valence-corrected chi connectivity index (χ3v) is 5.17. The van der Waals surface area contributed by atoms with Gasteiger partial charge in [-0.05, 0) is 12.1 Å². The van der Waals surface area contributed by atoms with Gasteiger partial charge in [-0.1, -0.05) is 12.1 Å². The molecule has 0 N–H and O–H groups in total. The Bertz CT molecular complexity index is 814. The molecule has 1 aromatic carbocycles. The third-order valence-electron chi connectivity index (χ3n) is 3.57. The van der Waals surface area contributed by atoms with Gasteiger partial charge in [-0.3, -0.25) is 9.63 Å². The lowest BCUT2D eigenvalue weighted by Crippen LogP contribution is -2.32. The number of hydroxylamine groups is 2. The number of nitrogens with zero attached hydrogens (tertiary/aromatic N) is 4. The van der Waals surface area contributed by atoms with Gasteiger partial charge in [0.15, 0.2) is 15.7 Å². The minimum atomic E-state index is -3.15. The van der Waals surface area contributed by atoms with Crippen LogP contribution in [-0.2, 0) is 21.7 Å². The van der Waals surface area contributed by atoms with Crippen molar-refractivity contribution in [3.8, 4) is 11.4 Å². The molecule has 0 atom stereocenters. The van der Waals surface area contributed by atoms with Gasteiger partial charge in [-0.25, -0.2) is 23.1 Å². The second-order valence-electron chi connectivity index (χ2n) is 5.18. The molecule has 0 spiro atoms. The van der Waals surface area contributed by atoms with Crippen molar-refractivity contribution in [3.05, 3.63) is 36.2 Å². The van der Waals surface area contributed by atoms with E-state index >= 15 is 0 Å². The van der Waals surface area contributed by atoms with E-state index in [4.69, 9.17) is 4.84 Å². The molecule has 0 saturated carbocycles. The summed E-state index contributed by atoms with van der Waals surface area (Å²) in [6.45, 7) is 0.0251. The molecule has 1 saturated heterocycles. The van der Waals surface area contributed by atoms with Gasteiger partial charge in [0.2, 0.25) is 0 Å². The quantitative estimate of drug-likeness (QED) is 0.782. The summed E-state index contributed by atoms with van der Waals surface area (Å²) in [5.74, 6) is 0.185. The van der Waals surface area contributed by atoms with Crippen LogP contribution in [0.4, 0.5) is 0 Å². The summed E-state index contributed by atoms with van der Waals surface area (Å²) in [6, 6.07) is 6.86.